The van der Waals surface area contributed by atoms with Crippen molar-refractivity contribution < 1.29 is 9.47 Å². The van der Waals surface area contributed by atoms with Gasteiger partial charge in [-0.2, -0.15) is 0 Å². The van der Waals surface area contributed by atoms with Gasteiger partial charge in [-0.25, -0.2) is 0 Å². The molecule has 0 saturated heterocycles. The molecule has 0 bridgehead atoms. The van der Waals surface area contributed by atoms with Crippen LogP contribution in [0.5, 0.6) is 11.5 Å². The maximum Gasteiger partial charge on any atom is 0.149 e. The van der Waals surface area contributed by atoms with Crippen LogP contribution >= 0.6 is 0 Å². The smallest absolute Gasteiger partial charge is 0.149 e. The van der Waals surface area contributed by atoms with Gasteiger partial charge in [0.05, 0.1) is 7.11 Å². The first-order valence-corrected chi connectivity index (χ1v) is 5.62. The summed E-state index contributed by atoms with van der Waals surface area (Å²) in [7, 11) is 1.64. The fraction of sp³-hybridized carbons (Fsp3) is 0.429. The van der Waals surface area contributed by atoms with Crippen molar-refractivity contribution in [3.05, 3.63) is 23.8 Å². The van der Waals surface area contributed by atoms with Gasteiger partial charge in [0.15, 0.2) is 0 Å². The first kappa shape index (κ1) is 13.4. The van der Waals surface area contributed by atoms with Crippen molar-refractivity contribution in [1.29, 1.82) is 0 Å². The van der Waals surface area contributed by atoms with E-state index >= 15 is 0 Å². The average molecular weight is 233 g/mol. The summed E-state index contributed by atoms with van der Waals surface area (Å²) in [5.74, 6) is 7.24. The highest BCUT2D eigenvalue weighted by Crippen LogP contribution is 2.25. The summed E-state index contributed by atoms with van der Waals surface area (Å²) in [6.45, 7) is 4.15. The van der Waals surface area contributed by atoms with Crippen LogP contribution in [0.25, 0.3) is 0 Å². The topological polar surface area (TPSA) is 44.5 Å². The summed E-state index contributed by atoms with van der Waals surface area (Å²) < 4.78 is 10.8. The SMILES string of the molecule is CC#CCOc1cc(OC)ccc1CC(C)N. The lowest BCUT2D eigenvalue weighted by molar-refractivity contribution is 0.358. The van der Waals surface area contributed by atoms with Crippen LogP contribution < -0.4 is 15.2 Å². The van der Waals surface area contributed by atoms with Gasteiger partial charge in [-0.3, -0.25) is 0 Å². The fourth-order valence-corrected chi connectivity index (χ4v) is 1.50. The Morgan fingerprint density at radius 1 is 1.41 bits per heavy atom. The Morgan fingerprint density at radius 3 is 2.76 bits per heavy atom. The molecular weight excluding hydrogens is 214 g/mol. The zero-order valence-electron chi connectivity index (χ0n) is 10.6. The zero-order chi connectivity index (χ0) is 12.7. The zero-order valence-corrected chi connectivity index (χ0v) is 10.6. The summed E-state index contributed by atoms with van der Waals surface area (Å²) in [5.41, 5.74) is 6.89. The Morgan fingerprint density at radius 2 is 2.18 bits per heavy atom. The Balaban J connectivity index is 2.88. The monoisotopic (exact) mass is 233 g/mol. The first-order valence-electron chi connectivity index (χ1n) is 5.62. The van der Waals surface area contributed by atoms with Crippen molar-refractivity contribution in [3.8, 4) is 23.3 Å². The van der Waals surface area contributed by atoms with Crippen molar-refractivity contribution in [2.24, 2.45) is 5.73 Å². The van der Waals surface area contributed by atoms with E-state index in [0.29, 0.717) is 6.61 Å². The van der Waals surface area contributed by atoms with Crippen LogP contribution in [-0.4, -0.2) is 19.8 Å². The van der Waals surface area contributed by atoms with Crippen LogP contribution in [0.3, 0.4) is 0 Å². The Hall–Kier alpha value is -1.66. The summed E-state index contributed by atoms with van der Waals surface area (Å²) in [5, 5.41) is 0. The van der Waals surface area contributed by atoms with Crippen LogP contribution in [0.1, 0.15) is 19.4 Å². The Kier molecular flexibility index (Phi) is 5.38. The number of rotatable bonds is 5. The minimum atomic E-state index is 0.100. The highest BCUT2D eigenvalue weighted by Gasteiger charge is 2.07. The molecule has 1 rings (SSSR count). The lowest BCUT2D eigenvalue weighted by atomic mass is 10.1. The third kappa shape index (κ3) is 4.38. The number of ether oxygens (including phenoxy) is 2. The van der Waals surface area contributed by atoms with Crippen molar-refractivity contribution in [3.63, 3.8) is 0 Å². The molecule has 1 aromatic carbocycles. The second-order valence-electron chi connectivity index (χ2n) is 3.87. The van der Waals surface area contributed by atoms with Gasteiger partial charge in [0.2, 0.25) is 0 Å². The molecule has 3 nitrogen and oxygen atoms in total. The molecule has 2 N–H and O–H groups in total. The molecule has 0 fully saturated rings. The van der Waals surface area contributed by atoms with Crippen molar-refractivity contribution >= 4 is 0 Å². The predicted octanol–water partition coefficient (Wildman–Crippen LogP) is 1.99. The van der Waals surface area contributed by atoms with Crippen LogP contribution in [0, 0.1) is 11.8 Å². The van der Waals surface area contributed by atoms with Gasteiger partial charge in [0.25, 0.3) is 0 Å². The van der Waals surface area contributed by atoms with E-state index in [0.717, 1.165) is 23.5 Å². The fourth-order valence-electron chi connectivity index (χ4n) is 1.50. The molecule has 1 unspecified atom stereocenters. The van der Waals surface area contributed by atoms with E-state index in [1.807, 2.05) is 25.1 Å². The predicted molar refractivity (Wildman–Crippen MR) is 69.3 cm³/mol. The van der Waals surface area contributed by atoms with E-state index in [1.54, 1.807) is 14.0 Å². The third-order valence-corrected chi connectivity index (χ3v) is 2.29. The van der Waals surface area contributed by atoms with Gasteiger partial charge in [0, 0.05) is 12.1 Å². The van der Waals surface area contributed by atoms with Gasteiger partial charge in [-0.1, -0.05) is 12.0 Å². The number of hydrogen-bond donors (Lipinski definition) is 1. The van der Waals surface area contributed by atoms with E-state index in [9.17, 15) is 0 Å². The highest BCUT2D eigenvalue weighted by atomic mass is 16.5. The maximum atomic E-state index is 5.80. The van der Waals surface area contributed by atoms with Gasteiger partial charge in [0.1, 0.15) is 18.1 Å². The molecule has 0 aromatic heterocycles. The van der Waals surface area contributed by atoms with Crippen LogP contribution in [-0.2, 0) is 6.42 Å². The normalized spacial score (nSPS) is 11.3. The van der Waals surface area contributed by atoms with E-state index in [1.165, 1.54) is 0 Å². The molecule has 0 aliphatic rings. The molecule has 0 spiro atoms. The van der Waals surface area contributed by atoms with Gasteiger partial charge in [-0.05, 0) is 31.9 Å². The lowest BCUT2D eigenvalue weighted by Gasteiger charge is -2.13. The number of hydrogen-bond acceptors (Lipinski definition) is 3. The summed E-state index contributed by atoms with van der Waals surface area (Å²) in [6, 6.07) is 5.87. The Labute approximate surface area is 103 Å². The van der Waals surface area contributed by atoms with Crippen molar-refractivity contribution in [2.45, 2.75) is 26.3 Å². The molecule has 0 radical (unpaired) electrons. The maximum absolute atomic E-state index is 5.80. The van der Waals surface area contributed by atoms with Crippen LogP contribution in [0.4, 0.5) is 0 Å². The standard InChI is InChI=1S/C14H19NO2/c1-4-5-8-17-14-10-13(16-3)7-6-12(14)9-11(2)15/h6-7,10-11H,8-9,15H2,1-3H3. The Bertz CT molecular complexity index is 416. The molecule has 0 amide bonds. The molecule has 0 saturated carbocycles. The minimum absolute atomic E-state index is 0.100. The molecule has 1 atom stereocenters. The molecule has 3 heteroatoms. The molecule has 1 aromatic rings. The van der Waals surface area contributed by atoms with E-state index < -0.39 is 0 Å². The van der Waals surface area contributed by atoms with Gasteiger partial charge in [-0.15, -0.1) is 5.92 Å². The molecule has 0 aliphatic carbocycles. The molecule has 0 aliphatic heterocycles. The molecule has 92 valence electrons. The van der Waals surface area contributed by atoms with Gasteiger partial charge >= 0.3 is 0 Å². The van der Waals surface area contributed by atoms with E-state index in [2.05, 4.69) is 11.8 Å². The molecule has 0 heterocycles. The number of methoxy groups -OCH3 is 1. The summed E-state index contributed by atoms with van der Waals surface area (Å²) >= 11 is 0. The van der Waals surface area contributed by atoms with Crippen molar-refractivity contribution in [1.82, 2.24) is 0 Å². The van der Waals surface area contributed by atoms with Crippen molar-refractivity contribution in [2.75, 3.05) is 13.7 Å². The lowest BCUT2D eigenvalue weighted by Crippen LogP contribution is -2.18. The average Bonchev–Trinajstić information content (AvgIpc) is 2.30. The minimum Gasteiger partial charge on any atom is -0.497 e. The quantitative estimate of drug-likeness (QED) is 0.791. The number of benzene rings is 1. The second kappa shape index (κ2) is 6.82. The highest BCUT2D eigenvalue weighted by molar-refractivity contribution is 5.41. The van der Waals surface area contributed by atoms with Gasteiger partial charge < -0.3 is 15.2 Å². The third-order valence-electron chi connectivity index (χ3n) is 2.29. The second-order valence-corrected chi connectivity index (χ2v) is 3.87. The van der Waals surface area contributed by atoms with E-state index in [-0.39, 0.29) is 6.04 Å². The summed E-state index contributed by atoms with van der Waals surface area (Å²) in [6.07, 6.45) is 0.777. The first-order chi connectivity index (χ1) is 8.17. The number of nitrogens with two attached hydrogens (primary N) is 1. The summed E-state index contributed by atoms with van der Waals surface area (Å²) in [4.78, 5) is 0. The molecular formula is C14H19NO2. The van der Waals surface area contributed by atoms with Crippen LogP contribution in [0.15, 0.2) is 18.2 Å². The van der Waals surface area contributed by atoms with E-state index in [4.69, 9.17) is 15.2 Å². The largest absolute Gasteiger partial charge is 0.497 e. The van der Waals surface area contributed by atoms with Crippen LogP contribution in [0.2, 0.25) is 0 Å². The molecule has 17 heavy (non-hydrogen) atoms.